The van der Waals surface area contributed by atoms with E-state index in [0.717, 1.165) is 37.1 Å². The molecule has 1 heterocycles. The maximum absolute atomic E-state index is 12.5. The predicted octanol–water partition coefficient (Wildman–Crippen LogP) is 3.00. The molecule has 128 valence electrons. The lowest BCUT2D eigenvalue weighted by Crippen LogP contribution is -2.42. The number of amides is 1. The van der Waals surface area contributed by atoms with Crippen molar-refractivity contribution < 1.29 is 9.90 Å². The summed E-state index contributed by atoms with van der Waals surface area (Å²) in [6.07, 6.45) is 7.49. The maximum Gasteiger partial charge on any atom is 0.254 e. The number of benzene rings is 1. The van der Waals surface area contributed by atoms with E-state index in [2.05, 4.69) is 10.4 Å². The number of hydrogen-bond donors (Lipinski definition) is 2. The molecule has 2 N–H and O–H groups in total. The largest absolute Gasteiger partial charge is 0.388 e. The van der Waals surface area contributed by atoms with Crippen LogP contribution in [0.3, 0.4) is 0 Å². The number of aliphatic hydroxyl groups is 1. The molecule has 1 aliphatic rings. The summed E-state index contributed by atoms with van der Waals surface area (Å²) >= 11 is 0. The third-order valence-corrected chi connectivity index (χ3v) is 4.87. The van der Waals surface area contributed by atoms with Crippen LogP contribution in [0.5, 0.6) is 0 Å². The highest BCUT2D eigenvalue weighted by molar-refractivity contribution is 5.95. The monoisotopic (exact) mass is 327 g/mol. The molecule has 3 rings (SSSR count). The van der Waals surface area contributed by atoms with E-state index in [1.165, 1.54) is 12.8 Å². The van der Waals surface area contributed by atoms with Gasteiger partial charge in [-0.15, -0.1) is 0 Å². The Balaban J connectivity index is 1.68. The number of para-hydroxylation sites is 1. The minimum absolute atomic E-state index is 0.174. The fourth-order valence-corrected chi connectivity index (χ4v) is 3.37. The summed E-state index contributed by atoms with van der Waals surface area (Å²) in [4.78, 5) is 12.5. The van der Waals surface area contributed by atoms with E-state index in [4.69, 9.17) is 0 Å². The van der Waals surface area contributed by atoms with Gasteiger partial charge < -0.3 is 10.4 Å². The van der Waals surface area contributed by atoms with Crippen molar-refractivity contribution in [1.29, 1.82) is 0 Å². The molecule has 0 saturated heterocycles. The summed E-state index contributed by atoms with van der Waals surface area (Å²) in [6, 6.07) is 9.74. The molecule has 5 nitrogen and oxygen atoms in total. The number of carbonyl (C=O) groups excluding carboxylic acids is 1. The van der Waals surface area contributed by atoms with Crippen molar-refractivity contribution in [3.63, 3.8) is 0 Å². The standard InChI is InChI=1S/C19H25N3O2/c1-15-17(13-21-22(15)16-9-5-4-6-10-16)18(23)20-14-19(24)11-7-2-3-8-12-19/h4-6,9-10,13,24H,2-3,7-8,11-12,14H2,1H3,(H,20,23). The van der Waals surface area contributed by atoms with E-state index in [-0.39, 0.29) is 5.91 Å². The third kappa shape index (κ3) is 3.67. The summed E-state index contributed by atoms with van der Waals surface area (Å²) in [5.74, 6) is -0.174. The van der Waals surface area contributed by atoms with E-state index >= 15 is 0 Å². The molecule has 0 bridgehead atoms. The Morgan fingerprint density at radius 2 is 1.88 bits per heavy atom. The topological polar surface area (TPSA) is 67.2 Å². The minimum Gasteiger partial charge on any atom is -0.388 e. The lowest BCUT2D eigenvalue weighted by Gasteiger charge is -2.26. The fraction of sp³-hybridized carbons (Fsp3) is 0.474. The molecule has 0 spiro atoms. The zero-order valence-electron chi connectivity index (χ0n) is 14.2. The van der Waals surface area contributed by atoms with Gasteiger partial charge in [0.2, 0.25) is 0 Å². The SMILES string of the molecule is Cc1c(C(=O)NCC2(O)CCCCCC2)cnn1-c1ccccc1. The molecular weight excluding hydrogens is 302 g/mol. The van der Waals surface area contributed by atoms with Crippen LogP contribution in [0.1, 0.15) is 54.6 Å². The average Bonchev–Trinajstić information content (AvgIpc) is 2.84. The molecule has 1 fully saturated rings. The van der Waals surface area contributed by atoms with E-state index in [1.807, 2.05) is 37.3 Å². The van der Waals surface area contributed by atoms with Crippen molar-refractivity contribution in [2.24, 2.45) is 0 Å². The Hall–Kier alpha value is -2.14. The number of hydrogen-bond acceptors (Lipinski definition) is 3. The van der Waals surface area contributed by atoms with Crippen molar-refractivity contribution in [1.82, 2.24) is 15.1 Å². The lowest BCUT2D eigenvalue weighted by molar-refractivity contribution is 0.0246. The fourth-order valence-electron chi connectivity index (χ4n) is 3.37. The van der Waals surface area contributed by atoms with Gasteiger partial charge in [0.1, 0.15) is 0 Å². The molecule has 5 heteroatoms. The molecular formula is C19H25N3O2. The average molecular weight is 327 g/mol. The molecule has 1 aromatic heterocycles. The van der Waals surface area contributed by atoms with Gasteiger partial charge in [0.15, 0.2) is 0 Å². The Kier molecular flexibility index (Phi) is 5.00. The second-order valence-electron chi connectivity index (χ2n) is 6.71. The normalized spacial score (nSPS) is 17.2. The van der Waals surface area contributed by atoms with Crippen LogP contribution < -0.4 is 5.32 Å². The first-order valence-electron chi connectivity index (χ1n) is 8.70. The van der Waals surface area contributed by atoms with Crippen LogP contribution in [-0.4, -0.2) is 32.9 Å². The third-order valence-electron chi connectivity index (χ3n) is 4.87. The van der Waals surface area contributed by atoms with E-state index < -0.39 is 5.60 Å². The maximum atomic E-state index is 12.5. The van der Waals surface area contributed by atoms with Crippen LogP contribution >= 0.6 is 0 Å². The molecule has 0 aliphatic heterocycles. The van der Waals surface area contributed by atoms with Crippen molar-refractivity contribution >= 4 is 5.91 Å². The van der Waals surface area contributed by atoms with Gasteiger partial charge in [-0.25, -0.2) is 4.68 Å². The molecule has 1 amide bonds. The van der Waals surface area contributed by atoms with Crippen molar-refractivity contribution in [2.45, 2.75) is 51.0 Å². The lowest BCUT2D eigenvalue weighted by atomic mass is 9.94. The van der Waals surface area contributed by atoms with Gasteiger partial charge in [0.25, 0.3) is 5.91 Å². The van der Waals surface area contributed by atoms with E-state index in [9.17, 15) is 9.90 Å². The van der Waals surface area contributed by atoms with Crippen LogP contribution in [0.15, 0.2) is 36.5 Å². The van der Waals surface area contributed by atoms with Crippen molar-refractivity contribution in [3.8, 4) is 5.69 Å². The second kappa shape index (κ2) is 7.18. The summed E-state index contributed by atoms with van der Waals surface area (Å²) in [5, 5.41) is 17.9. The number of carbonyl (C=O) groups is 1. The minimum atomic E-state index is -0.768. The van der Waals surface area contributed by atoms with Crippen molar-refractivity contribution in [3.05, 3.63) is 47.8 Å². The molecule has 24 heavy (non-hydrogen) atoms. The highest BCUT2D eigenvalue weighted by atomic mass is 16.3. The van der Waals surface area contributed by atoms with Crippen LogP contribution in [0, 0.1) is 6.92 Å². The number of nitrogens with zero attached hydrogens (tertiary/aromatic N) is 2. The first-order chi connectivity index (χ1) is 11.6. The summed E-state index contributed by atoms with van der Waals surface area (Å²) in [7, 11) is 0. The zero-order chi connectivity index (χ0) is 17.0. The number of nitrogens with one attached hydrogen (secondary N) is 1. The summed E-state index contributed by atoms with van der Waals surface area (Å²) < 4.78 is 1.76. The Morgan fingerprint density at radius 1 is 1.21 bits per heavy atom. The first-order valence-corrected chi connectivity index (χ1v) is 8.70. The number of rotatable bonds is 4. The zero-order valence-corrected chi connectivity index (χ0v) is 14.2. The molecule has 1 aliphatic carbocycles. The smallest absolute Gasteiger partial charge is 0.254 e. The van der Waals surface area contributed by atoms with Crippen LogP contribution in [0.4, 0.5) is 0 Å². The van der Waals surface area contributed by atoms with Crippen LogP contribution in [0.2, 0.25) is 0 Å². The Labute approximate surface area is 142 Å². The van der Waals surface area contributed by atoms with Gasteiger partial charge in [-0.3, -0.25) is 4.79 Å². The van der Waals surface area contributed by atoms with Gasteiger partial charge in [-0.05, 0) is 31.9 Å². The van der Waals surface area contributed by atoms with Gasteiger partial charge in [0, 0.05) is 6.54 Å². The predicted molar refractivity (Wildman–Crippen MR) is 93.3 cm³/mol. The Morgan fingerprint density at radius 3 is 2.54 bits per heavy atom. The van der Waals surface area contributed by atoms with Gasteiger partial charge in [-0.2, -0.15) is 5.10 Å². The Bertz CT molecular complexity index is 686. The van der Waals surface area contributed by atoms with Crippen LogP contribution in [-0.2, 0) is 0 Å². The first kappa shape index (κ1) is 16.7. The molecule has 0 atom stereocenters. The molecule has 1 aromatic carbocycles. The second-order valence-corrected chi connectivity index (χ2v) is 6.71. The number of aromatic nitrogens is 2. The molecule has 1 saturated carbocycles. The summed E-state index contributed by atoms with van der Waals surface area (Å²) in [6.45, 7) is 2.19. The van der Waals surface area contributed by atoms with Gasteiger partial charge >= 0.3 is 0 Å². The van der Waals surface area contributed by atoms with E-state index in [0.29, 0.717) is 12.1 Å². The highest BCUT2D eigenvalue weighted by Crippen LogP contribution is 2.26. The highest BCUT2D eigenvalue weighted by Gasteiger charge is 2.29. The molecule has 0 radical (unpaired) electrons. The summed E-state index contributed by atoms with van der Waals surface area (Å²) in [5.41, 5.74) is 1.51. The van der Waals surface area contributed by atoms with Gasteiger partial charge in [-0.1, -0.05) is 43.9 Å². The van der Waals surface area contributed by atoms with Crippen molar-refractivity contribution in [2.75, 3.05) is 6.54 Å². The van der Waals surface area contributed by atoms with E-state index in [1.54, 1.807) is 10.9 Å². The van der Waals surface area contributed by atoms with Crippen LogP contribution in [0.25, 0.3) is 5.69 Å². The quantitative estimate of drug-likeness (QED) is 0.848. The molecule has 0 unspecified atom stereocenters. The van der Waals surface area contributed by atoms with Gasteiger partial charge in [0.05, 0.1) is 28.7 Å². The molecule has 2 aromatic rings.